The first-order chi connectivity index (χ1) is 7.90. The van der Waals surface area contributed by atoms with Crippen molar-refractivity contribution < 1.29 is 4.84 Å². The van der Waals surface area contributed by atoms with Crippen molar-refractivity contribution in [2.45, 2.75) is 6.61 Å². The van der Waals surface area contributed by atoms with Crippen molar-refractivity contribution in [3.8, 4) is 0 Å². The predicted molar refractivity (Wildman–Crippen MR) is 71.3 cm³/mol. The summed E-state index contributed by atoms with van der Waals surface area (Å²) >= 11 is 0. The van der Waals surface area contributed by atoms with Gasteiger partial charge in [-0.25, -0.2) is 0 Å². The largest absolute Gasteiger partial charge is 0.391 e. The molecule has 4 nitrogen and oxygen atoms in total. The van der Waals surface area contributed by atoms with Crippen molar-refractivity contribution in [2.24, 2.45) is 16.8 Å². The average molecular weight is 256 g/mol. The van der Waals surface area contributed by atoms with Crippen LogP contribution >= 0.6 is 12.4 Å². The van der Waals surface area contributed by atoms with Crippen LogP contribution < -0.4 is 11.1 Å². The summed E-state index contributed by atoms with van der Waals surface area (Å²) in [5.41, 5.74) is 7.78. The van der Waals surface area contributed by atoms with Crippen molar-refractivity contribution in [3.63, 3.8) is 0 Å². The molecule has 0 saturated carbocycles. The number of oxime groups is 1. The first-order valence-corrected chi connectivity index (χ1v) is 5.53. The monoisotopic (exact) mass is 255 g/mol. The molecule has 1 unspecified atom stereocenters. The fourth-order valence-electron chi connectivity index (χ4n) is 1.73. The topological polar surface area (TPSA) is 59.6 Å². The summed E-state index contributed by atoms with van der Waals surface area (Å²) in [5.74, 6) is 0.329. The molecule has 0 radical (unpaired) electrons. The van der Waals surface area contributed by atoms with Crippen LogP contribution in [0.4, 0.5) is 0 Å². The standard InChI is InChI=1S/C12H17N3O.ClH/c13-6-11-7-14-8-12(11)15-16-9-10-4-2-1-3-5-10;/h1-5,11,14H,6-9,13H2;1H. The maximum absolute atomic E-state index is 5.63. The predicted octanol–water partition coefficient (Wildman–Crippen LogP) is 1.16. The Balaban J connectivity index is 0.00000144. The van der Waals surface area contributed by atoms with Gasteiger partial charge in [0, 0.05) is 25.6 Å². The number of hydrogen-bond acceptors (Lipinski definition) is 4. The summed E-state index contributed by atoms with van der Waals surface area (Å²) in [6.07, 6.45) is 0. The second-order valence-corrected chi connectivity index (χ2v) is 3.91. The van der Waals surface area contributed by atoms with Crippen molar-refractivity contribution in [3.05, 3.63) is 35.9 Å². The minimum absolute atomic E-state index is 0. The zero-order valence-electron chi connectivity index (χ0n) is 9.63. The number of nitrogens with two attached hydrogens (primary N) is 1. The van der Waals surface area contributed by atoms with E-state index in [0.717, 1.165) is 24.4 Å². The third-order valence-corrected chi connectivity index (χ3v) is 2.71. The maximum Gasteiger partial charge on any atom is 0.142 e. The van der Waals surface area contributed by atoms with Crippen LogP contribution in [0.15, 0.2) is 35.5 Å². The van der Waals surface area contributed by atoms with E-state index in [1.165, 1.54) is 0 Å². The van der Waals surface area contributed by atoms with Crippen LogP contribution in [0.5, 0.6) is 0 Å². The molecule has 0 aliphatic carbocycles. The number of hydrogen-bond donors (Lipinski definition) is 2. The van der Waals surface area contributed by atoms with E-state index in [4.69, 9.17) is 10.6 Å². The maximum atomic E-state index is 5.63. The molecule has 1 fully saturated rings. The Morgan fingerprint density at radius 1 is 1.35 bits per heavy atom. The lowest BCUT2D eigenvalue weighted by molar-refractivity contribution is 0.129. The van der Waals surface area contributed by atoms with Crippen molar-refractivity contribution in [1.29, 1.82) is 0 Å². The third-order valence-electron chi connectivity index (χ3n) is 2.71. The number of nitrogens with one attached hydrogen (secondary N) is 1. The molecule has 1 heterocycles. The summed E-state index contributed by atoms with van der Waals surface area (Å²) in [5, 5.41) is 7.38. The molecule has 0 aromatic heterocycles. The smallest absolute Gasteiger partial charge is 0.142 e. The molecule has 94 valence electrons. The Bertz CT molecular complexity index is 356. The third kappa shape index (κ3) is 4.00. The molecule has 5 heteroatoms. The van der Waals surface area contributed by atoms with Gasteiger partial charge < -0.3 is 15.9 Å². The van der Waals surface area contributed by atoms with Gasteiger partial charge in [-0.2, -0.15) is 0 Å². The van der Waals surface area contributed by atoms with Crippen LogP contribution in [0.1, 0.15) is 5.56 Å². The van der Waals surface area contributed by atoms with E-state index < -0.39 is 0 Å². The fraction of sp³-hybridized carbons (Fsp3) is 0.417. The number of benzene rings is 1. The highest BCUT2D eigenvalue weighted by Gasteiger charge is 2.21. The van der Waals surface area contributed by atoms with E-state index in [2.05, 4.69) is 10.5 Å². The Hall–Kier alpha value is -1.10. The molecule has 1 aromatic rings. The lowest BCUT2D eigenvalue weighted by atomic mass is 10.1. The molecular weight excluding hydrogens is 238 g/mol. The van der Waals surface area contributed by atoms with Gasteiger partial charge in [-0.3, -0.25) is 0 Å². The summed E-state index contributed by atoms with van der Waals surface area (Å²) in [6.45, 7) is 2.84. The number of rotatable bonds is 4. The van der Waals surface area contributed by atoms with Gasteiger partial charge in [-0.05, 0) is 5.56 Å². The Morgan fingerprint density at radius 2 is 2.12 bits per heavy atom. The van der Waals surface area contributed by atoms with Gasteiger partial charge >= 0.3 is 0 Å². The average Bonchev–Trinajstić information content (AvgIpc) is 2.78. The molecule has 1 aliphatic rings. The van der Waals surface area contributed by atoms with Crippen LogP contribution in [0.2, 0.25) is 0 Å². The first-order valence-electron chi connectivity index (χ1n) is 5.53. The summed E-state index contributed by atoms with van der Waals surface area (Å²) in [4.78, 5) is 5.33. The molecular formula is C12H18ClN3O. The SMILES string of the molecule is Cl.NCC1CNCC1=NOCc1ccccc1. The molecule has 3 N–H and O–H groups in total. The van der Waals surface area contributed by atoms with Gasteiger partial charge in [-0.1, -0.05) is 35.5 Å². The van der Waals surface area contributed by atoms with E-state index in [9.17, 15) is 0 Å². The molecule has 0 spiro atoms. The van der Waals surface area contributed by atoms with Crippen molar-refractivity contribution >= 4 is 18.1 Å². The summed E-state index contributed by atoms with van der Waals surface area (Å²) in [7, 11) is 0. The van der Waals surface area contributed by atoms with Gasteiger partial charge in [0.15, 0.2) is 0 Å². The Kier molecular flexibility index (Phi) is 5.97. The number of halogens is 1. The number of nitrogens with zero attached hydrogens (tertiary/aromatic N) is 1. The highest BCUT2D eigenvalue weighted by Crippen LogP contribution is 2.06. The van der Waals surface area contributed by atoms with E-state index >= 15 is 0 Å². The lowest BCUT2D eigenvalue weighted by Crippen LogP contribution is -2.22. The van der Waals surface area contributed by atoms with Crippen LogP contribution in [0.3, 0.4) is 0 Å². The molecule has 17 heavy (non-hydrogen) atoms. The zero-order chi connectivity index (χ0) is 11.2. The van der Waals surface area contributed by atoms with Crippen LogP contribution in [-0.4, -0.2) is 25.3 Å². The second kappa shape index (κ2) is 7.27. The van der Waals surface area contributed by atoms with E-state index in [0.29, 0.717) is 19.1 Å². The Labute approximate surface area is 108 Å². The van der Waals surface area contributed by atoms with Gasteiger partial charge in [0.1, 0.15) is 6.61 Å². The van der Waals surface area contributed by atoms with Gasteiger partial charge in [0.05, 0.1) is 5.71 Å². The summed E-state index contributed by atoms with van der Waals surface area (Å²) in [6, 6.07) is 10.0. The van der Waals surface area contributed by atoms with E-state index in [-0.39, 0.29) is 12.4 Å². The van der Waals surface area contributed by atoms with Gasteiger partial charge in [0.25, 0.3) is 0 Å². The minimum atomic E-state index is 0. The van der Waals surface area contributed by atoms with Crippen molar-refractivity contribution in [1.82, 2.24) is 5.32 Å². The quantitative estimate of drug-likeness (QED) is 0.794. The van der Waals surface area contributed by atoms with E-state index in [1.54, 1.807) is 0 Å². The second-order valence-electron chi connectivity index (χ2n) is 3.91. The molecule has 1 saturated heterocycles. The summed E-state index contributed by atoms with van der Waals surface area (Å²) < 4.78 is 0. The van der Waals surface area contributed by atoms with Crippen LogP contribution in [-0.2, 0) is 11.4 Å². The molecule has 2 rings (SSSR count). The minimum Gasteiger partial charge on any atom is -0.391 e. The normalized spacial score (nSPS) is 21.2. The van der Waals surface area contributed by atoms with Gasteiger partial charge in [0.2, 0.25) is 0 Å². The Morgan fingerprint density at radius 3 is 2.82 bits per heavy atom. The van der Waals surface area contributed by atoms with Crippen molar-refractivity contribution in [2.75, 3.05) is 19.6 Å². The van der Waals surface area contributed by atoms with Gasteiger partial charge in [-0.15, -0.1) is 12.4 Å². The van der Waals surface area contributed by atoms with E-state index in [1.807, 2.05) is 30.3 Å². The molecule has 1 aromatic carbocycles. The fourth-order valence-corrected chi connectivity index (χ4v) is 1.73. The van der Waals surface area contributed by atoms with Crippen LogP contribution in [0.25, 0.3) is 0 Å². The van der Waals surface area contributed by atoms with Crippen LogP contribution in [0, 0.1) is 5.92 Å². The molecule has 1 aliphatic heterocycles. The highest BCUT2D eigenvalue weighted by molar-refractivity contribution is 5.90. The lowest BCUT2D eigenvalue weighted by Gasteiger charge is -2.06. The molecule has 0 amide bonds. The molecule has 1 atom stereocenters. The first kappa shape index (κ1) is 14.0. The highest BCUT2D eigenvalue weighted by atomic mass is 35.5. The molecule has 0 bridgehead atoms. The zero-order valence-corrected chi connectivity index (χ0v) is 10.5.